The average Bonchev–Trinajstić information content (AvgIpc) is 2.35. The number of hydrogen-bond acceptors (Lipinski definition) is 1. The predicted molar refractivity (Wildman–Crippen MR) is 85.6 cm³/mol. The Balaban J connectivity index is 2.13. The second kappa shape index (κ2) is 6.82. The van der Waals surface area contributed by atoms with Crippen LogP contribution in [0.5, 0.6) is 0 Å². The summed E-state index contributed by atoms with van der Waals surface area (Å²) in [5.41, 5.74) is 1.27. The Labute approximate surface area is 137 Å². The highest BCUT2D eigenvalue weighted by Gasteiger charge is 2.14. The van der Waals surface area contributed by atoms with Crippen LogP contribution in [0, 0.1) is 0 Å². The van der Waals surface area contributed by atoms with Gasteiger partial charge in [0.2, 0.25) is 0 Å². The highest BCUT2D eigenvalue weighted by molar-refractivity contribution is 6.39. The Hall–Kier alpha value is -0.730. The van der Waals surface area contributed by atoms with Crippen molar-refractivity contribution < 1.29 is 4.79 Å². The van der Waals surface area contributed by atoms with E-state index in [0.717, 1.165) is 5.56 Å². The number of aryl methyl sites for hydroxylation is 1. The molecule has 5 heteroatoms. The predicted octanol–water partition coefficient (Wildman–Crippen LogP) is 6.12. The molecule has 2 rings (SSSR count). The van der Waals surface area contributed by atoms with Gasteiger partial charge in [0.1, 0.15) is 0 Å². The Morgan fingerprint density at radius 2 is 1.45 bits per heavy atom. The Morgan fingerprint density at radius 1 is 0.900 bits per heavy atom. The van der Waals surface area contributed by atoms with E-state index in [2.05, 4.69) is 0 Å². The standard InChI is InChI=1S/C15H10Cl4O/c16-10-6-9(7-11(17)8-10)4-5-14(20)15-12(18)2-1-3-13(15)19/h1-3,6-8H,4-5H2. The molecule has 0 fully saturated rings. The van der Waals surface area contributed by atoms with Crippen molar-refractivity contribution in [2.24, 2.45) is 0 Å². The fourth-order valence-corrected chi connectivity index (χ4v) is 3.08. The summed E-state index contributed by atoms with van der Waals surface area (Å²) in [6, 6.07) is 10.2. The first-order valence-corrected chi connectivity index (χ1v) is 7.41. The van der Waals surface area contributed by atoms with E-state index in [1.807, 2.05) is 0 Å². The van der Waals surface area contributed by atoms with E-state index >= 15 is 0 Å². The molecule has 0 saturated carbocycles. The fraction of sp³-hybridized carbons (Fsp3) is 0.133. The van der Waals surface area contributed by atoms with Crippen LogP contribution < -0.4 is 0 Å². The zero-order chi connectivity index (χ0) is 14.7. The summed E-state index contributed by atoms with van der Waals surface area (Å²) in [7, 11) is 0. The van der Waals surface area contributed by atoms with Crippen LogP contribution in [0.4, 0.5) is 0 Å². The van der Waals surface area contributed by atoms with Crippen molar-refractivity contribution in [2.75, 3.05) is 0 Å². The molecule has 2 aromatic carbocycles. The molecule has 20 heavy (non-hydrogen) atoms. The van der Waals surface area contributed by atoms with Crippen molar-refractivity contribution in [3.8, 4) is 0 Å². The number of carbonyl (C=O) groups is 1. The molecule has 0 aliphatic rings. The third kappa shape index (κ3) is 3.89. The quantitative estimate of drug-likeness (QED) is 0.609. The molecule has 2 aromatic rings. The molecule has 0 radical (unpaired) electrons. The number of Topliss-reactive ketones (excluding diaryl/α,β-unsaturated/α-hetero) is 1. The van der Waals surface area contributed by atoms with E-state index in [4.69, 9.17) is 46.4 Å². The van der Waals surface area contributed by atoms with Crippen molar-refractivity contribution in [3.05, 3.63) is 67.6 Å². The van der Waals surface area contributed by atoms with E-state index in [0.29, 0.717) is 38.5 Å². The first-order chi connectivity index (χ1) is 9.47. The summed E-state index contributed by atoms with van der Waals surface area (Å²) in [6.45, 7) is 0. The zero-order valence-corrected chi connectivity index (χ0v) is 13.3. The number of hydrogen-bond donors (Lipinski definition) is 0. The van der Waals surface area contributed by atoms with Crippen LogP contribution in [-0.2, 0) is 6.42 Å². The van der Waals surface area contributed by atoms with Crippen LogP contribution in [0.3, 0.4) is 0 Å². The zero-order valence-electron chi connectivity index (χ0n) is 10.3. The third-order valence-electron chi connectivity index (χ3n) is 2.80. The molecule has 0 aliphatic heterocycles. The van der Waals surface area contributed by atoms with E-state index in [1.165, 1.54) is 0 Å². The number of ketones is 1. The average molecular weight is 348 g/mol. The van der Waals surface area contributed by atoms with Gasteiger partial charge in [0.15, 0.2) is 5.78 Å². The van der Waals surface area contributed by atoms with Gasteiger partial charge in [-0.3, -0.25) is 4.79 Å². The van der Waals surface area contributed by atoms with Gasteiger partial charge in [0.25, 0.3) is 0 Å². The second-order valence-electron chi connectivity index (χ2n) is 4.30. The number of carbonyl (C=O) groups excluding carboxylic acids is 1. The lowest BCUT2D eigenvalue weighted by atomic mass is 10.0. The number of rotatable bonds is 4. The van der Waals surface area contributed by atoms with Crippen molar-refractivity contribution >= 4 is 52.2 Å². The summed E-state index contributed by atoms with van der Waals surface area (Å²) in [6.07, 6.45) is 0.820. The first-order valence-electron chi connectivity index (χ1n) is 5.89. The Kier molecular flexibility index (Phi) is 5.34. The molecule has 0 heterocycles. The Bertz CT molecular complexity index is 612. The monoisotopic (exact) mass is 346 g/mol. The molecule has 1 nitrogen and oxygen atoms in total. The lowest BCUT2D eigenvalue weighted by molar-refractivity contribution is 0.0983. The molecule has 104 valence electrons. The van der Waals surface area contributed by atoms with Crippen LogP contribution in [0.1, 0.15) is 22.3 Å². The van der Waals surface area contributed by atoms with Gasteiger partial charge in [0, 0.05) is 16.5 Å². The summed E-state index contributed by atoms with van der Waals surface area (Å²) in [4.78, 5) is 12.2. The molecular weight excluding hydrogens is 338 g/mol. The highest BCUT2D eigenvalue weighted by Crippen LogP contribution is 2.26. The smallest absolute Gasteiger partial charge is 0.166 e. The van der Waals surface area contributed by atoms with Crippen molar-refractivity contribution in [1.29, 1.82) is 0 Å². The first kappa shape index (κ1) is 15.7. The molecule has 0 aromatic heterocycles. The fourth-order valence-electron chi connectivity index (χ4n) is 1.90. The number of benzene rings is 2. The minimum Gasteiger partial charge on any atom is -0.294 e. The lowest BCUT2D eigenvalue weighted by Gasteiger charge is -2.06. The molecule has 0 bridgehead atoms. The number of halogens is 4. The maximum Gasteiger partial charge on any atom is 0.166 e. The van der Waals surface area contributed by atoms with Crippen molar-refractivity contribution in [2.45, 2.75) is 12.8 Å². The summed E-state index contributed by atoms with van der Waals surface area (Å²) < 4.78 is 0. The summed E-state index contributed by atoms with van der Waals surface area (Å²) >= 11 is 23.9. The highest BCUT2D eigenvalue weighted by atomic mass is 35.5. The van der Waals surface area contributed by atoms with Gasteiger partial charge in [-0.05, 0) is 42.3 Å². The van der Waals surface area contributed by atoms with Gasteiger partial charge >= 0.3 is 0 Å². The van der Waals surface area contributed by atoms with Gasteiger partial charge in [-0.25, -0.2) is 0 Å². The van der Waals surface area contributed by atoms with Crippen LogP contribution in [0.15, 0.2) is 36.4 Å². The third-order valence-corrected chi connectivity index (χ3v) is 3.87. The summed E-state index contributed by atoms with van der Waals surface area (Å²) in [5.74, 6) is -0.100. The van der Waals surface area contributed by atoms with Gasteiger partial charge < -0.3 is 0 Å². The lowest BCUT2D eigenvalue weighted by Crippen LogP contribution is -2.03. The van der Waals surface area contributed by atoms with Crippen molar-refractivity contribution in [3.63, 3.8) is 0 Å². The molecular formula is C15H10Cl4O. The molecule has 0 unspecified atom stereocenters. The molecule has 0 saturated heterocycles. The minimum absolute atomic E-state index is 0.100. The summed E-state index contributed by atoms with van der Waals surface area (Å²) in [5, 5.41) is 1.84. The Morgan fingerprint density at radius 3 is 2.00 bits per heavy atom. The van der Waals surface area contributed by atoms with Crippen LogP contribution >= 0.6 is 46.4 Å². The molecule has 0 atom stereocenters. The molecule has 0 spiro atoms. The van der Waals surface area contributed by atoms with E-state index < -0.39 is 0 Å². The van der Waals surface area contributed by atoms with Crippen LogP contribution in [-0.4, -0.2) is 5.78 Å². The van der Waals surface area contributed by atoms with Crippen LogP contribution in [0.25, 0.3) is 0 Å². The minimum atomic E-state index is -0.100. The van der Waals surface area contributed by atoms with Crippen molar-refractivity contribution in [1.82, 2.24) is 0 Å². The largest absolute Gasteiger partial charge is 0.294 e. The maximum absolute atomic E-state index is 12.2. The van der Waals surface area contributed by atoms with Gasteiger partial charge in [-0.1, -0.05) is 52.5 Å². The van der Waals surface area contributed by atoms with Gasteiger partial charge in [-0.2, -0.15) is 0 Å². The van der Waals surface area contributed by atoms with Crippen LogP contribution in [0.2, 0.25) is 20.1 Å². The maximum atomic E-state index is 12.2. The molecule has 0 amide bonds. The topological polar surface area (TPSA) is 17.1 Å². The molecule has 0 aliphatic carbocycles. The van der Waals surface area contributed by atoms with E-state index in [9.17, 15) is 4.79 Å². The van der Waals surface area contributed by atoms with Gasteiger partial charge in [-0.15, -0.1) is 0 Å². The van der Waals surface area contributed by atoms with E-state index in [-0.39, 0.29) is 5.78 Å². The second-order valence-corrected chi connectivity index (χ2v) is 5.98. The SMILES string of the molecule is O=C(CCc1cc(Cl)cc(Cl)c1)c1c(Cl)cccc1Cl. The normalized spacial score (nSPS) is 10.6. The molecule has 0 N–H and O–H groups in total. The van der Waals surface area contributed by atoms with Gasteiger partial charge in [0.05, 0.1) is 15.6 Å². The van der Waals surface area contributed by atoms with E-state index in [1.54, 1.807) is 36.4 Å².